The van der Waals surface area contributed by atoms with Crippen molar-refractivity contribution in [2.24, 2.45) is 11.7 Å². The summed E-state index contributed by atoms with van der Waals surface area (Å²) in [6.07, 6.45) is 1.64. The summed E-state index contributed by atoms with van der Waals surface area (Å²) in [4.78, 5) is 29.2. The topological polar surface area (TPSA) is 94.3 Å². The van der Waals surface area contributed by atoms with E-state index in [1.807, 2.05) is 0 Å². The largest absolute Gasteiger partial charge is 0.493 e. The van der Waals surface area contributed by atoms with Gasteiger partial charge in [-0.2, -0.15) is 0 Å². The van der Waals surface area contributed by atoms with Gasteiger partial charge in [-0.15, -0.1) is 0 Å². The molecule has 1 aromatic rings. The fourth-order valence-corrected chi connectivity index (χ4v) is 3.84. The van der Waals surface area contributed by atoms with Gasteiger partial charge in [-0.3, -0.25) is 9.59 Å². The van der Waals surface area contributed by atoms with Crippen LogP contribution in [0.25, 0.3) is 0 Å². The third-order valence-electron chi connectivity index (χ3n) is 5.57. The lowest BCUT2D eigenvalue weighted by Gasteiger charge is -2.37. The standard InChI is InChI=1S/C20H29N3O5/c1-26-16-5-3-4-15(18(16)27-2)19(24)22-8-10-23(11-9-22)20(25)17(21)14-6-12-28-13-7-14/h3-5,14,17H,6-13,21H2,1-2H3. The van der Waals surface area contributed by atoms with Crippen LogP contribution >= 0.6 is 0 Å². The van der Waals surface area contributed by atoms with Crippen molar-refractivity contribution in [3.63, 3.8) is 0 Å². The fraction of sp³-hybridized carbons (Fsp3) is 0.600. The van der Waals surface area contributed by atoms with Crippen LogP contribution in [0.3, 0.4) is 0 Å². The van der Waals surface area contributed by atoms with Crippen LogP contribution in [0.15, 0.2) is 18.2 Å². The highest BCUT2D eigenvalue weighted by Gasteiger charge is 2.33. The average Bonchev–Trinajstić information content (AvgIpc) is 2.77. The molecule has 0 aliphatic carbocycles. The van der Waals surface area contributed by atoms with Crippen LogP contribution in [0.4, 0.5) is 0 Å². The Morgan fingerprint density at radius 3 is 2.32 bits per heavy atom. The normalized spacial score (nSPS) is 19.2. The summed E-state index contributed by atoms with van der Waals surface area (Å²) in [5.74, 6) is 0.955. The fourth-order valence-electron chi connectivity index (χ4n) is 3.84. The monoisotopic (exact) mass is 391 g/mol. The minimum absolute atomic E-state index is 0.0297. The molecule has 1 aromatic carbocycles. The smallest absolute Gasteiger partial charge is 0.257 e. The molecule has 8 nitrogen and oxygen atoms in total. The molecule has 2 fully saturated rings. The van der Waals surface area contributed by atoms with Crippen LogP contribution < -0.4 is 15.2 Å². The van der Waals surface area contributed by atoms with E-state index < -0.39 is 6.04 Å². The van der Waals surface area contributed by atoms with Crippen molar-refractivity contribution in [2.75, 3.05) is 53.6 Å². The Labute approximate surface area is 165 Å². The zero-order valence-electron chi connectivity index (χ0n) is 16.6. The van der Waals surface area contributed by atoms with Crippen molar-refractivity contribution in [2.45, 2.75) is 18.9 Å². The molecule has 2 N–H and O–H groups in total. The Bertz CT molecular complexity index is 697. The Morgan fingerprint density at radius 1 is 1.07 bits per heavy atom. The molecule has 3 rings (SSSR count). The van der Waals surface area contributed by atoms with Gasteiger partial charge >= 0.3 is 0 Å². The number of hydrogen-bond donors (Lipinski definition) is 1. The number of rotatable bonds is 5. The quantitative estimate of drug-likeness (QED) is 0.796. The Morgan fingerprint density at radius 2 is 1.71 bits per heavy atom. The molecule has 154 valence electrons. The number of methoxy groups -OCH3 is 2. The molecule has 0 radical (unpaired) electrons. The predicted octanol–water partition coefficient (Wildman–Crippen LogP) is 0.742. The van der Waals surface area contributed by atoms with E-state index in [0.29, 0.717) is 56.5 Å². The summed E-state index contributed by atoms with van der Waals surface area (Å²) in [6.45, 7) is 3.21. The van der Waals surface area contributed by atoms with Gasteiger partial charge < -0.3 is 29.7 Å². The van der Waals surface area contributed by atoms with Crippen LogP contribution in [0.2, 0.25) is 0 Å². The number of hydrogen-bond acceptors (Lipinski definition) is 6. The van der Waals surface area contributed by atoms with Gasteiger partial charge in [0.25, 0.3) is 5.91 Å². The van der Waals surface area contributed by atoms with Crippen molar-refractivity contribution >= 4 is 11.8 Å². The van der Waals surface area contributed by atoms with Gasteiger partial charge in [0.2, 0.25) is 5.91 Å². The second-order valence-electron chi connectivity index (χ2n) is 7.13. The van der Waals surface area contributed by atoms with Gasteiger partial charge in [0.1, 0.15) is 0 Å². The van der Waals surface area contributed by atoms with Gasteiger partial charge in [-0.1, -0.05) is 6.07 Å². The van der Waals surface area contributed by atoms with Crippen molar-refractivity contribution in [1.29, 1.82) is 0 Å². The average molecular weight is 391 g/mol. The third-order valence-corrected chi connectivity index (χ3v) is 5.57. The highest BCUT2D eigenvalue weighted by atomic mass is 16.5. The van der Waals surface area contributed by atoms with E-state index in [1.165, 1.54) is 14.2 Å². The highest BCUT2D eigenvalue weighted by molar-refractivity contribution is 5.98. The maximum absolute atomic E-state index is 13.0. The lowest BCUT2D eigenvalue weighted by Crippen LogP contribution is -2.56. The molecule has 0 saturated carbocycles. The zero-order chi connectivity index (χ0) is 20.1. The Balaban J connectivity index is 1.60. The number of para-hydroxylation sites is 1. The number of amides is 2. The van der Waals surface area contributed by atoms with Crippen LogP contribution in [-0.4, -0.2) is 81.3 Å². The maximum atomic E-state index is 13.0. The summed E-state index contributed by atoms with van der Waals surface area (Å²) in [7, 11) is 3.06. The van der Waals surface area contributed by atoms with Gasteiger partial charge in [0.15, 0.2) is 11.5 Å². The lowest BCUT2D eigenvalue weighted by molar-refractivity contribution is -0.136. The first-order valence-corrected chi connectivity index (χ1v) is 9.69. The molecule has 1 unspecified atom stereocenters. The summed E-state index contributed by atoms with van der Waals surface area (Å²) < 4.78 is 16.0. The van der Waals surface area contributed by atoms with Crippen LogP contribution in [-0.2, 0) is 9.53 Å². The molecule has 2 heterocycles. The number of carbonyl (C=O) groups excluding carboxylic acids is 2. The van der Waals surface area contributed by atoms with Crippen molar-refractivity contribution in [1.82, 2.24) is 9.80 Å². The number of benzene rings is 1. The second kappa shape index (κ2) is 9.25. The summed E-state index contributed by atoms with van der Waals surface area (Å²) >= 11 is 0. The minimum Gasteiger partial charge on any atom is -0.493 e. The predicted molar refractivity (Wildman–Crippen MR) is 104 cm³/mol. The van der Waals surface area contributed by atoms with Gasteiger partial charge in [0.05, 0.1) is 25.8 Å². The first-order chi connectivity index (χ1) is 13.6. The molecule has 28 heavy (non-hydrogen) atoms. The maximum Gasteiger partial charge on any atom is 0.257 e. The number of carbonyl (C=O) groups is 2. The van der Waals surface area contributed by atoms with Crippen molar-refractivity contribution < 1.29 is 23.8 Å². The molecule has 2 aliphatic heterocycles. The number of nitrogens with two attached hydrogens (primary N) is 1. The van der Waals surface area contributed by atoms with E-state index in [-0.39, 0.29) is 17.7 Å². The van der Waals surface area contributed by atoms with Crippen LogP contribution in [0, 0.1) is 5.92 Å². The molecule has 0 bridgehead atoms. The van der Waals surface area contributed by atoms with E-state index in [1.54, 1.807) is 28.0 Å². The molecular weight excluding hydrogens is 362 g/mol. The van der Waals surface area contributed by atoms with Gasteiger partial charge in [-0.05, 0) is 30.9 Å². The molecule has 0 spiro atoms. The third kappa shape index (κ3) is 4.23. The molecule has 0 aromatic heterocycles. The first-order valence-electron chi connectivity index (χ1n) is 9.69. The molecule has 2 amide bonds. The van der Waals surface area contributed by atoms with E-state index in [9.17, 15) is 9.59 Å². The SMILES string of the molecule is COc1cccc(C(=O)N2CCN(C(=O)C(N)C3CCOCC3)CC2)c1OC. The second-order valence-corrected chi connectivity index (χ2v) is 7.13. The summed E-state index contributed by atoms with van der Waals surface area (Å²) in [5.41, 5.74) is 6.68. The summed E-state index contributed by atoms with van der Waals surface area (Å²) in [5, 5.41) is 0. The zero-order valence-corrected chi connectivity index (χ0v) is 16.6. The molecule has 2 aliphatic rings. The van der Waals surface area contributed by atoms with Gasteiger partial charge in [0, 0.05) is 39.4 Å². The Kier molecular flexibility index (Phi) is 6.74. The number of nitrogens with zero attached hydrogens (tertiary/aromatic N) is 2. The van der Waals surface area contributed by atoms with Gasteiger partial charge in [-0.25, -0.2) is 0 Å². The highest BCUT2D eigenvalue weighted by Crippen LogP contribution is 2.31. The Hall–Kier alpha value is -2.32. The van der Waals surface area contributed by atoms with E-state index in [2.05, 4.69) is 0 Å². The number of piperazine rings is 1. The van der Waals surface area contributed by atoms with E-state index in [4.69, 9.17) is 19.9 Å². The van der Waals surface area contributed by atoms with Crippen LogP contribution in [0.5, 0.6) is 11.5 Å². The summed E-state index contributed by atoms with van der Waals surface area (Å²) in [6, 6.07) is 4.75. The van der Waals surface area contributed by atoms with Crippen LogP contribution in [0.1, 0.15) is 23.2 Å². The molecule has 8 heteroatoms. The molecule has 1 atom stereocenters. The van der Waals surface area contributed by atoms with E-state index in [0.717, 1.165) is 12.8 Å². The minimum atomic E-state index is -0.496. The number of ether oxygens (including phenoxy) is 3. The lowest BCUT2D eigenvalue weighted by atomic mass is 9.91. The molecular formula is C20H29N3O5. The molecule has 2 saturated heterocycles. The van der Waals surface area contributed by atoms with Crippen molar-refractivity contribution in [3.05, 3.63) is 23.8 Å². The van der Waals surface area contributed by atoms with E-state index >= 15 is 0 Å². The van der Waals surface area contributed by atoms with Crippen molar-refractivity contribution in [3.8, 4) is 11.5 Å². The first kappa shape index (κ1) is 20.4.